The Hall–Kier alpha value is -0.180. The Labute approximate surface area is 71.3 Å². The van der Waals surface area contributed by atoms with E-state index in [1.165, 1.54) is 5.56 Å². The van der Waals surface area contributed by atoms with E-state index in [0.29, 0.717) is 5.88 Å². The molecule has 0 radical (unpaired) electrons. The van der Waals surface area contributed by atoms with Crippen LogP contribution in [0.1, 0.15) is 5.56 Å². The van der Waals surface area contributed by atoms with Gasteiger partial charge in [0.15, 0.2) is 0 Å². The van der Waals surface area contributed by atoms with Crippen molar-refractivity contribution in [2.45, 2.75) is 5.88 Å². The second-order valence-corrected chi connectivity index (χ2v) is 1.89. The number of hydrogen-bond donors (Lipinski definition) is 2. The van der Waals surface area contributed by atoms with Gasteiger partial charge in [-0.05, 0) is 18.5 Å². The van der Waals surface area contributed by atoms with Crippen molar-refractivity contribution in [3.63, 3.8) is 0 Å². The quantitative estimate of drug-likeness (QED) is 0.383. The van der Waals surface area contributed by atoms with E-state index < -0.39 is 0 Å². The fourth-order valence-corrected chi connectivity index (χ4v) is 0.745. The summed E-state index contributed by atoms with van der Waals surface area (Å²) in [6.07, 6.45) is 0. The van der Waals surface area contributed by atoms with Crippen LogP contribution in [0.25, 0.3) is 0 Å². The number of benzene rings is 1. The molecule has 3 heteroatoms. The van der Waals surface area contributed by atoms with Gasteiger partial charge in [0, 0.05) is 5.88 Å². The third kappa shape index (κ3) is 3.77. The molecule has 0 bridgehead atoms. The van der Waals surface area contributed by atoms with Gasteiger partial charge in [-0.15, -0.1) is 11.6 Å². The molecule has 1 rings (SSSR count). The highest BCUT2D eigenvalue weighted by Crippen LogP contribution is 2.00. The first kappa shape index (κ1) is 9.82. The van der Waals surface area contributed by atoms with Crippen molar-refractivity contribution in [2.75, 3.05) is 0 Å². The molecular weight excluding hydrogens is 168 g/mol. The minimum atomic E-state index is 0.612. The molecule has 0 aliphatic rings. The summed E-state index contributed by atoms with van der Waals surface area (Å²) in [4.78, 5) is 0. The number of rotatable bonds is 1. The highest BCUT2D eigenvalue weighted by Gasteiger charge is 1.81. The molecule has 0 aliphatic carbocycles. The Bertz CT molecular complexity index is 155. The molecule has 0 amide bonds. The molecule has 1 N–H and O–H groups in total. The van der Waals surface area contributed by atoms with Crippen LogP contribution in [0.4, 0.5) is 0 Å². The van der Waals surface area contributed by atoms with Crippen LogP contribution in [0, 0.1) is 0 Å². The van der Waals surface area contributed by atoms with Crippen molar-refractivity contribution >= 4 is 24.5 Å². The van der Waals surface area contributed by atoms with Gasteiger partial charge >= 0.3 is 0 Å². The van der Waals surface area contributed by atoms with Gasteiger partial charge in [0.1, 0.15) is 0 Å². The molecule has 0 aliphatic heterocycles. The van der Waals surface area contributed by atoms with Gasteiger partial charge in [0.25, 0.3) is 0 Å². The third-order valence-corrected chi connectivity index (χ3v) is 1.31. The number of alkyl halides is 1. The number of hydrogen-bond acceptors (Lipinski definition) is 2. The average molecular weight is 177 g/mol. The molecule has 0 unspecified atom stereocenters. The standard InChI is InChI=1S/C7H7Cl.H2OS/c8-6-7-4-2-1-3-5-7;1-2/h1-5H,6H2;1-2H. The highest BCUT2D eigenvalue weighted by atomic mass is 35.5. The topological polar surface area (TPSA) is 20.2 Å². The summed E-state index contributed by atoms with van der Waals surface area (Å²) in [6.45, 7) is 0. The lowest BCUT2D eigenvalue weighted by Gasteiger charge is -1.88. The fraction of sp³-hybridized carbons (Fsp3) is 0.143. The second-order valence-electron chi connectivity index (χ2n) is 1.62. The lowest BCUT2D eigenvalue weighted by atomic mass is 10.2. The van der Waals surface area contributed by atoms with Crippen LogP contribution in [0.3, 0.4) is 0 Å². The predicted octanol–water partition coefficient (Wildman–Crippen LogP) is 2.81. The van der Waals surface area contributed by atoms with Crippen molar-refractivity contribution in [3.05, 3.63) is 35.9 Å². The summed E-state index contributed by atoms with van der Waals surface area (Å²) >= 11 is 8.05. The van der Waals surface area contributed by atoms with Gasteiger partial charge in [-0.3, -0.25) is 0 Å². The van der Waals surface area contributed by atoms with E-state index in [0.717, 1.165) is 0 Å². The Morgan fingerprint density at radius 2 is 1.70 bits per heavy atom. The summed E-state index contributed by atoms with van der Waals surface area (Å²) in [7, 11) is 0. The molecule has 0 spiro atoms. The van der Waals surface area contributed by atoms with Crippen molar-refractivity contribution in [3.8, 4) is 0 Å². The minimum Gasteiger partial charge on any atom is -0.333 e. The zero-order chi connectivity index (χ0) is 7.82. The maximum Gasteiger partial charge on any atom is 0.0474 e. The maximum atomic E-state index is 6.69. The summed E-state index contributed by atoms with van der Waals surface area (Å²) in [5.41, 5.74) is 1.18. The lowest BCUT2D eigenvalue weighted by molar-refractivity contribution is 0.679. The molecule has 0 aromatic heterocycles. The molecule has 56 valence electrons. The largest absolute Gasteiger partial charge is 0.333 e. The smallest absolute Gasteiger partial charge is 0.0474 e. The van der Waals surface area contributed by atoms with E-state index in [2.05, 4.69) is 12.9 Å². The molecular formula is C7H9ClOS. The summed E-state index contributed by atoms with van der Waals surface area (Å²) in [6, 6.07) is 9.96. The first-order valence-corrected chi connectivity index (χ1v) is 3.67. The van der Waals surface area contributed by atoms with Gasteiger partial charge in [-0.2, -0.15) is 0 Å². The maximum absolute atomic E-state index is 6.69. The van der Waals surface area contributed by atoms with Crippen LogP contribution < -0.4 is 0 Å². The molecule has 10 heavy (non-hydrogen) atoms. The monoisotopic (exact) mass is 176 g/mol. The zero-order valence-electron chi connectivity index (χ0n) is 5.37. The van der Waals surface area contributed by atoms with Crippen molar-refractivity contribution < 1.29 is 4.55 Å². The molecule has 1 aromatic carbocycles. The van der Waals surface area contributed by atoms with E-state index >= 15 is 0 Å². The van der Waals surface area contributed by atoms with Crippen LogP contribution in [-0.4, -0.2) is 4.55 Å². The van der Waals surface area contributed by atoms with Gasteiger partial charge in [-0.25, -0.2) is 0 Å². The Morgan fingerprint density at radius 3 is 2.00 bits per heavy atom. The summed E-state index contributed by atoms with van der Waals surface area (Å²) in [5, 5.41) is 0. The molecule has 1 aromatic rings. The van der Waals surface area contributed by atoms with E-state index in [1.54, 1.807) is 0 Å². The zero-order valence-corrected chi connectivity index (χ0v) is 7.02. The summed E-state index contributed by atoms with van der Waals surface area (Å²) in [5.74, 6) is 0.612. The Balaban J connectivity index is 0.000000371. The van der Waals surface area contributed by atoms with Gasteiger partial charge in [-0.1, -0.05) is 30.3 Å². The van der Waals surface area contributed by atoms with Crippen molar-refractivity contribution in [2.24, 2.45) is 0 Å². The normalized spacial score (nSPS) is 7.90. The van der Waals surface area contributed by atoms with Crippen molar-refractivity contribution in [1.82, 2.24) is 0 Å². The van der Waals surface area contributed by atoms with Crippen LogP contribution in [0.2, 0.25) is 0 Å². The van der Waals surface area contributed by atoms with Crippen LogP contribution in [-0.2, 0) is 5.88 Å². The fourth-order valence-electron chi connectivity index (χ4n) is 0.567. The molecule has 0 fully saturated rings. The first-order chi connectivity index (χ1) is 4.93. The first-order valence-electron chi connectivity index (χ1n) is 2.73. The molecule has 0 saturated carbocycles. The van der Waals surface area contributed by atoms with Crippen molar-refractivity contribution in [1.29, 1.82) is 0 Å². The average Bonchev–Trinajstić information content (AvgIpc) is 2.10. The van der Waals surface area contributed by atoms with E-state index in [1.807, 2.05) is 30.3 Å². The minimum absolute atomic E-state index is 0.612. The molecule has 0 heterocycles. The number of thiol groups is 1. The van der Waals surface area contributed by atoms with Crippen LogP contribution in [0.5, 0.6) is 0 Å². The SMILES string of the molecule is ClCc1ccccc1.OS. The molecule has 0 atom stereocenters. The van der Waals surface area contributed by atoms with E-state index in [-0.39, 0.29) is 0 Å². The molecule has 1 nitrogen and oxygen atoms in total. The summed E-state index contributed by atoms with van der Waals surface area (Å²) < 4.78 is 6.69. The van der Waals surface area contributed by atoms with Gasteiger partial charge in [0.2, 0.25) is 0 Å². The van der Waals surface area contributed by atoms with Gasteiger partial charge in [0.05, 0.1) is 0 Å². The predicted molar refractivity (Wildman–Crippen MR) is 47.6 cm³/mol. The third-order valence-electron chi connectivity index (χ3n) is 0.997. The van der Waals surface area contributed by atoms with Gasteiger partial charge < -0.3 is 4.55 Å². The van der Waals surface area contributed by atoms with E-state index in [9.17, 15) is 0 Å². The van der Waals surface area contributed by atoms with Crippen LogP contribution >= 0.6 is 24.5 Å². The lowest BCUT2D eigenvalue weighted by Crippen LogP contribution is -1.71. The highest BCUT2D eigenvalue weighted by molar-refractivity contribution is 7.74. The number of halogens is 1. The van der Waals surface area contributed by atoms with E-state index in [4.69, 9.17) is 16.2 Å². The van der Waals surface area contributed by atoms with Crippen LogP contribution in [0.15, 0.2) is 30.3 Å². The Morgan fingerprint density at radius 1 is 1.20 bits per heavy atom. The molecule has 0 saturated heterocycles. The Kier molecular flexibility index (Phi) is 6.81. The second kappa shape index (κ2) is 6.93.